The summed E-state index contributed by atoms with van der Waals surface area (Å²) in [4.78, 5) is 23.0. The molecule has 32 heavy (non-hydrogen) atoms. The Bertz CT molecular complexity index is 900. The summed E-state index contributed by atoms with van der Waals surface area (Å²) in [5.41, 5.74) is 10.0. The lowest BCUT2D eigenvalue weighted by Crippen LogP contribution is -2.51. The van der Waals surface area contributed by atoms with Crippen molar-refractivity contribution in [3.8, 4) is 11.5 Å². The third-order valence-electron chi connectivity index (χ3n) is 5.89. The molecule has 4 rings (SSSR count). The lowest BCUT2D eigenvalue weighted by atomic mass is 10.0. The molecule has 2 aliphatic heterocycles. The second-order valence-corrected chi connectivity index (χ2v) is 8.53. The van der Waals surface area contributed by atoms with Crippen LogP contribution in [0, 0.1) is 0 Å². The van der Waals surface area contributed by atoms with E-state index in [1.54, 1.807) is 11.0 Å². The van der Waals surface area contributed by atoms with Crippen LogP contribution in [0.4, 0.5) is 0 Å². The lowest BCUT2D eigenvalue weighted by Gasteiger charge is -2.36. The van der Waals surface area contributed by atoms with Crippen LogP contribution in [-0.2, 0) is 14.4 Å². The maximum absolute atomic E-state index is 13.0. The summed E-state index contributed by atoms with van der Waals surface area (Å²) < 4.78 is 17.5. The molecule has 10 nitrogen and oxygen atoms in total. The molecule has 2 fully saturated rings. The minimum atomic E-state index is -0.636. The standard InChI is InChI=1S/C22H29N5O5/c1-14-11-27(12-15(2)30-14)22(28)21-10-18(25-32-21)16-7-8-19(29-13-24-26-23)20(9-16)31-17-5-3-4-6-17/h7-9,14-15,17,21H,3-6,10-13H2,1-2H3. The van der Waals surface area contributed by atoms with Crippen molar-refractivity contribution in [1.82, 2.24) is 4.90 Å². The van der Waals surface area contributed by atoms with Crippen LogP contribution in [0.5, 0.6) is 11.5 Å². The Morgan fingerprint density at radius 1 is 1.25 bits per heavy atom. The molecule has 1 amide bonds. The molecule has 0 aromatic heterocycles. The van der Waals surface area contributed by atoms with Crippen LogP contribution in [0.15, 0.2) is 28.5 Å². The van der Waals surface area contributed by atoms with Gasteiger partial charge >= 0.3 is 0 Å². The summed E-state index contributed by atoms with van der Waals surface area (Å²) in [7, 11) is 0. The maximum Gasteiger partial charge on any atom is 0.267 e. The van der Waals surface area contributed by atoms with Gasteiger partial charge in [-0.3, -0.25) is 4.79 Å². The number of oxime groups is 1. The summed E-state index contributed by atoms with van der Waals surface area (Å²) in [5, 5.41) is 7.63. The highest BCUT2D eigenvalue weighted by Gasteiger charge is 2.36. The van der Waals surface area contributed by atoms with E-state index in [9.17, 15) is 4.79 Å². The highest BCUT2D eigenvalue weighted by Crippen LogP contribution is 2.34. The fourth-order valence-electron chi connectivity index (χ4n) is 4.45. The molecule has 0 bridgehead atoms. The number of azide groups is 1. The molecule has 0 N–H and O–H groups in total. The van der Waals surface area contributed by atoms with Crippen LogP contribution in [0.3, 0.4) is 0 Å². The molecule has 3 aliphatic rings. The van der Waals surface area contributed by atoms with Crippen LogP contribution >= 0.6 is 0 Å². The molecule has 1 aliphatic carbocycles. The van der Waals surface area contributed by atoms with Crippen molar-refractivity contribution >= 4 is 11.6 Å². The zero-order valence-corrected chi connectivity index (χ0v) is 18.5. The van der Waals surface area contributed by atoms with E-state index in [4.69, 9.17) is 24.6 Å². The largest absolute Gasteiger partial charge is 0.487 e. The van der Waals surface area contributed by atoms with Crippen molar-refractivity contribution in [1.29, 1.82) is 0 Å². The smallest absolute Gasteiger partial charge is 0.267 e. The van der Waals surface area contributed by atoms with E-state index in [0.29, 0.717) is 36.7 Å². The zero-order valence-electron chi connectivity index (χ0n) is 18.5. The topological polar surface area (TPSA) is 118 Å². The molecular weight excluding hydrogens is 414 g/mol. The highest BCUT2D eigenvalue weighted by molar-refractivity contribution is 6.04. The Balaban J connectivity index is 1.45. The van der Waals surface area contributed by atoms with Gasteiger partial charge in [0.05, 0.1) is 24.0 Å². The van der Waals surface area contributed by atoms with E-state index in [0.717, 1.165) is 31.2 Å². The van der Waals surface area contributed by atoms with E-state index < -0.39 is 6.10 Å². The van der Waals surface area contributed by atoms with Gasteiger partial charge in [0, 0.05) is 30.0 Å². The number of morpholine rings is 1. The molecule has 0 radical (unpaired) electrons. The second kappa shape index (κ2) is 10.1. The van der Waals surface area contributed by atoms with Crippen LogP contribution in [0.1, 0.15) is 51.5 Å². The number of ether oxygens (including phenoxy) is 3. The SMILES string of the molecule is CC1CN(C(=O)C2CC(c3ccc(OCN=[N+]=[N-])c(OC4CCCC4)c3)=NO2)CC(C)O1. The van der Waals surface area contributed by atoms with Crippen LogP contribution in [-0.4, -0.2) is 60.8 Å². The van der Waals surface area contributed by atoms with Gasteiger partial charge in [-0.1, -0.05) is 10.3 Å². The molecule has 3 unspecified atom stereocenters. The number of carbonyl (C=O) groups excluding carboxylic acids is 1. The van der Waals surface area contributed by atoms with Crippen molar-refractivity contribution < 1.29 is 23.8 Å². The van der Waals surface area contributed by atoms with Gasteiger partial charge in [-0.15, -0.1) is 0 Å². The quantitative estimate of drug-likeness (QED) is 0.361. The number of hydrogen-bond acceptors (Lipinski definition) is 7. The first kappa shape index (κ1) is 22.2. The number of rotatable bonds is 7. The molecule has 3 atom stereocenters. The molecular formula is C22H29N5O5. The van der Waals surface area contributed by atoms with Gasteiger partial charge in [-0.05, 0) is 63.3 Å². The second-order valence-electron chi connectivity index (χ2n) is 8.53. The van der Waals surface area contributed by atoms with Crippen molar-refractivity contribution in [2.45, 2.75) is 70.4 Å². The Hall–Kier alpha value is -2.97. The minimum Gasteiger partial charge on any atom is -0.487 e. The van der Waals surface area contributed by atoms with Crippen molar-refractivity contribution in [2.24, 2.45) is 10.3 Å². The molecule has 1 aromatic carbocycles. The Morgan fingerprint density at radius 2 is 2.00 bits per heavy atom. The summed E-state index contributed by atoms with van der Waals surface area (Å²) in [6.45, 7) is 4.91. The monoisotopic (exact) mass is 443 g/mol. The maximum atomic E-state index is 13.0. The number of nitrogens with zero attached hydrogens (tertiary/aromatic N) is 5. The summed E-state index contributed by atoms with van der Waals surface area (Å²) in [5.74, 6) is 1.02. The number of amides is 1. The average molecular weight is 444 g/mol. The van der Waals surface area contributed by atoms with E-state index in [-0.39, 0.29) is 30.9 Å². The van der Waals surface area contributed by atoms with Gasteiger partial charge in [0.2, 0.25) is 6.10 Å². The van der Waals surface area contributed by atoms with E-state index >= 15 is 0 Å². The number of hydrogen-bond donors (Lipinski definition) is 0. The average Bonchev–Trinajstić information content (AvgIpc) is 3.46. The third-order valence-corrected chi connectivity index (χ3v) is 5.89. The summed E-state index contributed by atoms with van der Waals surface area (Å²) in [6, 6.07) is 5.48. The van der Waals surface area contributed by atoms with E-state index in [2.05, 4.69) is 15.2 Å². The molecule has 1 saturated carbocycles. The van der Waals surface area contributed by atoms with Gasteiger partial charge in [0.1, 0.15) is 0 Å². The first-order valence-corrected chi connectivity index (χ1v) is 11.1. The first-order chi connectivity index (χ1) is 15.5. The molecule has 10 heteroatoms. The fraction of sp³-hybridized carbons (Fsp3) is 0.636. The Labute approximate surface area is 187 Å². The van der Waals surface area contributed by atoms with Gasteiger partial charge in [0.25, 0.3) is 5.91 Å². The molecule has 172 valence electrons. The third kappa shape index (κ3) is 5.26. The van der Waals surface area contributed by atoms with Crippen LogP contribution < -0.4 is 9.47 Å². The van der Waals surface area contributed by atoms with Gasteiger partial charge < -0.3 is 23.9 Å². The molecule has 1 saturated heterocycles. The van der Waals surface area contributed by atoms with Crippen molar-refractivity contribution in [3.05, 3.63) is 34.2 Å². The zero-order chi connectivity index (χ0) is 22.5. The predicted molar refractivity (Wildman–Crippen MR) is 117 cm³/mol. The first-order valence-electron chi connectivity index (χ1n) is 11.1. The van der Waals surface area contributed by atoms with E-state index in [1.165, 1.54) is 0 Å². The van der Waals surface area contributed by atoms with Crippen molar-refractivity contribution in [3.63, 3.8) is 0 Å². The van der Waals surface area contributed by atoms with Gasteiger partial charge in [-0.2, -0.15) is 0 Å². The predicted octanol–water partition coefficient (Wildman–Crippen LogP) is 3.78. The fourth-order valence-corrected chi connectivity index (χ4v) is 4.45. The summed E-state index contributed by atoms with van der Waals surface area (Å²) >= 11 is 0. The van der Waals surface area contributed by atoms with Crippen molar-refractivity contribution in [2.75, 3.05) is 19.8 Å². The van der Waals surface area contributed by atoms with E-state index in [1.807, 2.05) is 26.0 Å². The number of carbonyl (C=O) groups is 1. The number of benzene rings is 1. The normalized spacial score (nSPS) is 25.6. The Kier molecular flexibility index (Phi) is 7.02. The van der Waals surface area contributed by atoms with Crippen LogP contribution in [0.25, 0.3) is 10.4 Å². The van der Waals surface area contributed by atoms with Gasteiger partial charge in [-0.25, -0.2) is 0 Å². The lowest BCUT2D eigenvalue weighted by molar-refractivity contribution is -0.153. The summed E-state index contributed by atoms with van der Waals surface area (Å²) in [6.07, 6.45) is 4.16. The highest BCUT2D eigenvalue weighted by atomic mass is 16.6. The Morgan fingerprint density at radius 3 is 2.72 bits per heavy atom. The molecule has 0 spiro atoms. The molecule has 2 heterocycles. The van der Waals surface area contributed by atoms with Crippen LogP contribution in [0.2, 0.25) is 0 Å². The van der Waals surface area contributed by atoms with Gasteiger partial charge in [0.15, 0.2) is 18.2 Å². The molecule has 1 aromatic rings. The minimum absolute atomic E-state index is 0.00213.